The highest BCUT2D eigenvalue weighted by Crippen LogP contribution is 2.35. The van der Waals surface area contributed by atoms with E-state index < -0.39 is 0 Å². The molecule has 0 heterocycles. The second-order valence-electron chi connectivity index (χ2n) is 5.12. The molecule has 0 aliphatic heterocycles. The molecule has 2 atom stereocenters. The van der Waals surface area contributed by atoms with Crippen LogP contribution in [-0.4, -0.2) is 33.4 Å². The molecule has 1 radical (unpaired) electrons. The van der Waals surface area contributed by atoms with Crippen molar-refractivity contribution < 1.29 is 4.74 Å². The number of para-hydroxylation sites is 1. The minimum atomic E-state index is 0.553. The second-order valence-corrected chi connectivity index (χ2v) is 5.12. The van der Waals surface area contributed by atoms with Gasteiger partial charge in [-0.3, -0.25) is 0 Å². The maximum absolute atomic E-state index is 5.48. The van der Waals surface area contributed by atoms with Gasteiger partial charge < -0.3 is 9.55 Å². The van der Waals surface area contributed by atoms with E-state index in [1.807, 2.05) is 6.07 Å². The Balaban J connectivity index is 2.81. The Labute approximate surface area is 113 Å². The molecule has 1 aromatic carbocycles. The van der Waals surface area contributed by atoms with Crippen molar-refractivity contribution in [2.24, 2.45) is 5.92 Å². The van der Waals surface area contributed by atoms with Crippen LogP contribution in [0.4, 0.5) is 0 Å². The number of ether oxygens (including phenoxy) is 1. The highest BCUT2D eigenvalue weighted by Gasteiger charge is 2.20. The molecule has 18 heavy (non-hydrogen) atoms. The van der Waals surface area contributed by atoms with Crippen molar-refractivity contribution in [1.82, 2.24) is 4.81 Å². The first-order valence-corrected chi connectivity index (χ1v) is 6.72. The third-order valence-corrected chi connectivity index (χ3v) is 3.51. The van der Waals surface area contributed by atoms with E-state index in [2.05, 4.69) is 58.4 Å². The molecular weight excluding hydrogens is 221 g/mol. The Morgan fingerprint density at radius 2 is 1.94 bits per heavy atom. The van der Waals surface area contributed by atoms with Gasteiger partial charge in [0.05, 0.1) is 7.11 Å². The lowest BCUT2D eigenvalue weighted by Gasteiger charge is -2.25. The second kappa shape index (κ2) is 7.47. The van der Waals surface area contributed by atoms with Crippen molar-refractivity contribution in [2.75, 3.05) is 21.2 Å². The van der Waals surface area contributed by atoms with Gasteiger partial charge in [0.15, 0.2) is 0 Å². The molecule has 0 bridgehead atoms. The van der Waals surface area contributed by atoms with E-state index in [0.29, 0.717) is 11.8 Å². The molecule has 1 rings (SSSR count). The van der Waals surface area contributed by atoms with Crippen molar-refractivity contribution in [3.8, 4) is 5.75 Å². The van der Waals surface area contributed by atoms with Gasteiger partial charge in [-0.2, -0.15) is 0 Å². The molecule has 0 saturated carbocycles. The summed E-state index contributed by atoms with van der Waals surface area (Å²) in [5, 5.41) is 0. The first kappa shape index (κ1) is 15.1. The summed E-state index contributed by atoms with van der Waals surface area (Å²) in [7, 11) is 8.17. The van der Waals surface area contributed by atoms with Crippen molar-refractivity contribution in [3.05, 3.63) is 29.8 Å². The summed E-state index contributed by atoms with van der Waals surface area (Å²) >= 11 is 0. The molecule has 3 heteroatoms. The summed E-state index contributed by atoms with van der Waals surface area (Å²) in [4.78, 5) is 2.13. The van der Waals surface area contributed by atoms with E-state index in [0.717, 1.165) is 18.5 Å². The van der Waals surface area contributed by atoms with Gasteiger partial charge >= 0.3 is 0 Å². The number of hydrogen-bond acceptors (Lipinski definition) is 2. The summed E-state index contributed by atoms with van der Waals surface area (Å²) < 4.78 is 5.48. The molecule has 0 N–H and O–H groups in total. The third kappa shape index (κ3) is 4.06. The maximum Gasteiger partial charge on any atom is 0.208 e. The van der Waals surface area contributed by atoms with Gasteiger partial charge in [-0.05, 0) is 44.0 Å². The highest BCUT2D eigenvalue weighted by atomic mass is 16.5. The van der Waals surface area contributed by atoms with Crippen LogP contribution in [0.15, 0.2) is 24.3 Å². The molecule has 0 amide bonds. The van der Waals surface area contributed by atoms with Crippen LogP contribution < -0.4 is 4.74 Å². The molecule has 2 nitrogen and oxygen atoms in total. The fourth-order valence-corrected chi connectivity index (χ4v) is 2.44. The Morgan fingerprint density at radius 3 is 2.50 bits per heavy atom. The molecule has 0 aliphatic rings. The van der Waals surface area contributed by atoms with E-state index in [-0.39, 0.29) is 0 Å². The van der Waals surface area contributed by atoms with Crippen LogP contribution in [0.2, 0.25) is 6.32 Å². The minimum Gasteiger partial charge on any atom is -0.496 e. The molecule has 99 valence electrons. The number of hydrogen-bond donors (Lipinski definition) is 0. The van der Waals surface area contributed by atoms with Crippen LogP contribution in [-0.2, 0) is 0 Å². The molecule has 0 unspecified atom stereocenters. The molecular formula is C15H25BNO. The van der Waals surface area contributed by atoms with Crippen LogP contribution >= 0.6 is 0 Å². The summed E-state index contributed by atoms with van der Waals surface area (Å²) in [5.41, 5.74) is 1.34. The first-order valence-electron chi connectivity index (χ1n) is 6.72. The maximum atomic E-state index is 5.48. The molecule has 0 saturated heterocycles. The van der Waals surface area contributed by atoms with Gasteiger partial charge in [-0.15, -0.1) is 0 Å². The van der Waals surface area contributed by atoms with Crippen molar-refractivity contribution in [1.29, 1.82) is 0 Å². The normalized spacial score (nSPS) is 14.3. The van der Waals surface area contributed by atoms with Crippen LogP contribution in [0.1, 0.15) is 31.7 Å². The smallest absolute Gasteiger partial charge is 0.208 e. The van der Waals surface area contributed by atoms with Gasteiger partial charge in [-0.25, -0.2) is 0 Å². The molecule has 0 aliphatic carbocycles. The predicted octanol–water partition coefficient (Wildman–Crippen LogP) is 3.42. The standard InChI is InChI=1S/C15H25BNO/c1-6-13(12(2)11-16-17(3)4)14-9-7-8-10-15(14)18-5/h7-10,12-13H,6,11H2,1-5H3/t12-,13-/m1/s1. The van der Waals surface area contributed by atoms with Crippen molar-refractivity contribution in [3.63, 3.8) is 0 Å². The topological polar surface area (TPSA) is 12.5 Å². The van der Waals surface area contributed by atoms with Crippen molar-refractivity contribution >= 4 is 7.41 Å². The summed E-state index contributed by atoms with van der Waals surface area (Å²) in [6, 6.07) is 8.38. The molecule has 1 aromatic rings. The van der Waals surface area contributed by atoms with E-state index in [4.69, 9.17) is 4.74 Å². The minimum absolute atomic E-state index is 0.553. The zero-order chi connectivity index (χ0) is 13.5. The van der Waals surface area contributed by atoms with Crippen LogP contribution in [0.5, 0.6) is 5.75 Å². The quantitative estimate of drug-likeness (QED) is 0.683. The predicted molar refractivity (Wildman–Crippen MR) is 79.4 cm³/mol. The Kier molecular flexibility index (Phi) is 6.27. The van der Waals surface area contributed by atoms with Crippen molar-refractivity contribution in [2.45, 2.75) is 32.5 Å². The molecule has 0 spiro atoms. The van der Waals surface area contributed by atoms with E-state index in [1.165, 1.54) is 5.56 Å². The number of benzene rings is 1. The number of rotatable bonds is 7. The average molecular weight is 246 g/mol. The van der Waals surface area contributed by atoms with Gasteiger partial charge in [-0.1, -0.05) is 38.4 Å². The van der Waals surface area contributed by atoms with Crippen LogP contribution in [0.3, 0.4) is 0 Å². The number of nitrogens with zero attached hydrogens (tertiary/aromatic N) is 1. The van der Waals surface area contributed by atoms with Crippen LogP contribution in [0, 0.1) is 5.92 Å². The molecule has 0 aromatic heterocycles. The van der Waals surface area contributed by atoms with Gasteiger partial charge in [0.1, 0.15) is 5.75 Å². The monoisotopic (exact) mass is 246 g/mol. The van der Waals surface area contributed by atoms with E-state index in [1.54, 1.807) is 7.11 Å². The fraction of sp³-hybridized carbons (Fsp3) is 0.600. The van der Waals surface area contributed by atoms with E-state index >= 15 is 0 Å². The van der Waals surface area contributed by atoms with Gasteiger partial charge in [0.2, 0.25) is 7.41 Å². The summed E-state index contributed by atoms with van der Waals surface area (Å²) in [6.45, 7) is 4.57. The molecule has 0 fully saturated rings. The fourth-order valence-electron chi connectivity index (χ4n) is 2.44. The largest absolute Gasteiger partial charge is 0.496 e. The summed E-state index contributed by atoms with van der Waals surface area (Å²) in [5.74, 6) is 2.19. The first-order chi connectivity index (χ1) is 8.60. The lowest BCUT2D eigenvalue weighted by Crippen LogP contribution is -2.21. The summed E-state index contributed by atoms with van der Waals surface area (Å²) in [6.07, 6.45) is 2.24. The van der Waals surface area contributed by atoms with Crippen LogP contribution in [0.25, 0.3) is 0 Å². The number of methoxy groups -OCH3 is 1. The lowest BCUT2D eigenvalue weighted by atomic mass is 9.72. The average Bonchev–Trinajstić information content (AvgIpc) is 2.37. The SMILES string of the molecule is CC[C@@H](c1ccccc1OC)[C@H](C)C[B]N(C)C. The Morgan fingerprint density at radius 1 is 1.28 bits per heavy atom. The van der Waals surface area contributed by atoms with Gasteiger partial charge in [0, 0.05) is 0 Å². The Bertz CT molecular complexity index is 354. The lowest BCUT2D eigenvalue weighted by molar-refractivity contribution is 0.391. The zero-order valence-corrected chi connectivity index (χ0v) is 12.3. The van der Waals surface area contributed by atoms with E-state index in [9.17, 15) is 0 Å². The van der Waals surface area contributed by atoms with Gasteiger partial charge in [0.25, 0.3) is 0 Å². The Hall–Kier alpha value is -0.955. The zero-order valence-electron chi connectivity index (χ0n) is 12.3. The highest BCUT2D eigenvalue weighted by molar-refractivity contribution is 6.31. The third-order valence-electron chi connectivity index (χ3n) is 3.51.